The summed E-state index contributed by atoms with van der Waals surface area (Å²) in [5.74, 6) is -1.48. The molecular formula is C12H12N2O4. The maximum atomic E-state index is 11.4. The Balaban J connectivity index is 1.91. The summed E-state index contributed by atoms with van der Waals surface area (Å²) in [5, 5.41) is 12.0. The number of carbonyl (C=O) groups is 2. The van der Waals surface area contributed by atoms with Crippen molar-refractivity contribution in [3.8, 4) is 0 Å². The van der Waals surface area contributed by atoms with Crippen LogP contribution in [0.4, 0.5) is 5.69 Å². The third-order valence-corrected chi connectivity index (χ3v) is 2.30. The van der Waals surface area contributed by atoms with Gasteiger partial charge < -0.3 is 20.1 Å². The van der Waals surface area contributed by atoms with Crippen LogP contribution >= 0.6 is 0 Å². The van der Waals surface area contributed by atoms with E-state index in [0.717, 1.165) is 10.9 Å². The van der Waals surface area contributed by atoms with Crippen LogP contribution in [0.5, 0.6) is 0 Å². The van der Waals surface area contributed by atoms with Gasteiger partial charge in [0.2, 0.25) is 5.91 Å². The van der Waals surface area contributed by atoms with Gasteiger partial charge in [-0.1, -0.05) is 0 Å². The Kier molecular flexibility index (Phi) is 3.59. The number of benzene rings is 1. The molecule has 0 fully saturated rings. The summed E-state index contributed by atoms with van der Waals surface area (Å²) in [6.07, 6.45) is 1.81. The van der Waals surface area contributed by atoms with Crippen LogP contribution in [0, 0.1) is 0 Å². The zero-order valence-electron chi connectivity index (χ0n) is 9.47. The lowest BCUT2D eigenvalue weighted by atomic mass is 10.2. The number of nitrogens with one attached hydrogen (secondary N) is 2. The third-order valence-electron chi connectivity index (χ3n) is 2.30. The molecule has 6 nitrogen and oxygen atoms in total. The van der Waals surface area contributed by atoms with Gasteiger partial charge >= 0.3 is 5.97 Å². The lowest BCUT2D eigenvalue weighted by molar-refractivity contribution is -0.143. The van der Waals surface area contributed by atoms with E-state index in [0.29, 0.717) is 5.69 Å². The number of H-pyrrole nitrogens is 1. The Hall–Kier alpha value is -2.34. The topological polar surface area (TPSA) is 91.4 Å². The van der Waals surface area contributed by atoms with Crippen LogP contribution < -0.4 is 5.32 Å². The Labute approximate surface area is 103 Å². The first-order valence-corrected chi connectivity index (χ1v) is 5.32. The molecule has 1 aromatic heterocycles. The summed E-state index contributed by atoms with van der Waals surface area (Å²) in [6.45, 7) is -0.762. The minimum atomic E-state index is -1.10. The van der Waals surface area contributed by atoms with Crippen molar-refractivity contribution in [1.82, 2.24) is 4.98 Å². The molecule has 18 heavy (non-hydrogen) atoms. The number of carbonyl (C=O) groups excluding carboxylic acids is 1. The van der Waals surface area contributed by atoms with E-state index in [4.69, 9.17) is 5.11 Å². The second-order valence-corrected chi connectivity index (χ2v) is 3.71. The van der Waals surface area contributed by atoms with Gasteiger partial charge in [-0.05, 0) is 24.3 Å². The van der Waals surface area contributed by atoms with Gasteiger partial charge in [0.25, 0.3) is 0 Å². The van der Waals surface area contributed by atoms with Crippen molar-refractivity contribution in [2.24, 2.45) is 0 Å². The average molecular weight is 248 g/mol. The van der Waals surface area contributed by atoms with Crippen molar-refractivity contribution >= 4 is 28.5 Å². The van der Waals surface area contributed by atoms with Crippen molar-refractivity contribution < 1.29 is 19.4 Å². The molecule has 1 heterocycles. The van der Waals surface area contributed by atoms with E-state index in [1.165, 1.54) is 0 Å². The predicted molar refractivity (Wildman–Crippen MR) is 65.4 cm³/mol. The fraction of sp³-hybridized carbons (Fsp3) is 0.167. The standard InChI is InChI=1S/C12H12N2O4/c15-11(6-18-7-12(16)17)14-9-1-2-10-8(5-9)3-4-13-10/h1-5,13H,6-7H2,(H,14,15)(H,16,17). The molecular weight excluding hydrogens is 236 g/mol. The first kappa shape index (κ1) is 12.1. The molecule has 0 unspecified atom stereocenters. The highest BCUT2D eigenvalue weighted by atomic mass is 16.5. The van der Waals surface area contributed by atoms with E-state index in [-0.39, 0.29) is 12.5 Å². The van der Waals surface area contributed by atoms with Crippen molar-refractivity contribution in [3.63, 3.8) is 0 Å². The molecule has 0 aliphatic carbocycles. The van der Waals surface area contributed by atoms with Gasteiger partial charge in [0.15, 0.2) is 0 Å². The maximum Gasteiger partial charge on any atom is 0.329 e. The number of carboxylic acid groups (broad SMARTS) is 1. The van der Waals surface area contributed by atoms with E-state index in [2.05, 4.69) is 15.0 Å². The Morgan fingerprint density at radius 3 is 2.89 bits per heavy atom. The number of anilines is 1. The molecule has 0 aliphatic heterocycles. The summed E-state index contributed by atoms with van der Waals surface area (Å²) in [6, 6.07) is 7.32. The number of ether oxygens (including phenoxy) is 1. The van der Waals surface area contributed by atoms with E-state index in [1.54, 1.807) is 6.07 Å². The summed E-state index contributed by atoms with van der Waals surface area (Å²) < 4.78 is 4.68. The highest BCUT2D eigenvalue weighted by molar-refractivity contribution is 5.94. The average Bonchev–Trinajstić information content (AvgIpc) is 2.75. The fourth-order valence-electron chi connectivity index (χ4n) is 1.56. The van der Waals surface area contributed by atoms with Gasteiger partial charge in [-0.2, -0.15) is 0 Å². The van der Waals surface area contributed by atoms with E-state index in [1.807, 2.05) is 24.4 Å². The van der Waals surface area contributed by atoms with Crippen LogP contribution in [0.15, 0.2) is 30.5 Å². The second-order valence-electron chi connectivity index (χ2n) is 3.71. The number of aromatic nitrogens is 1. The van der Waals surface area contributed by atoms with Crippen LogP contribution in [-0.2, 0) is 14.3 Å². The summed E-state index contributed by atoms with van der Waals surface area (Å²) in [5.41, 5.74) is 1.63. The van der Waals surface area contributed by atoms with E-state index >= 15 is 0 Å². The van der Waals surface area contributed by atoms with Crippen LogP contribution in [-0.4, -0.2) is 35.2 Å². The van der Waals surface area contributed by atoms with Crippen LogP contribution in [0.1, 0.15) is 0 Å². The summed E-state index contributed by atoms with van der Waals surface area (Å²) >= 11 is 0. The van der Waals surface area contributed by atoms with Crippen molar-refractivity contribution in [2.75, 3.05) is 18.5 Å². The number of hydrogen-bond acceptors (Lipinski definition) is 3. The monoisotopic (exact) mass is 248 g/mol. The van der Waals surface area contributed by atoms with Crippen molar-refractivity contribution in [3.05, 3.63) is 30.5 Å². The fourth-order valence-corrected chi connectivity index (χ4v) is 1.56. The largest absolute Gasteiger partial charge is 0.480 e. The van der Waals surface area contributed by atoms with Gasteiger partial charge in [-0.25, -0.2) is 4.79 Å². The van der Waals surface area contributed by atoms with Gasteiger partial charge in [0.05, 0.1) is 0 Å². The second kappa shape index (κ2) is 5.33. The van der Waals surface area contributed by atoms with Gasteiger partial charge in [-0.3, -0.25) is 4.79 Å². The minimum absolute atomic E-state index is 0.280. The third kappa shape index (κ3) is 3.08. The number of carboxylic acids is 1. The van der Waals surface area contributed by atoms with Crippen molar-refractivity contribution in [1.29, 1.82) is 0 Å². The summed E-state index contributed by atoms with van der Waals surface area (Å²) in [7, 11) is 0. The molecule has 2 rings (SSSR count). The van der Waals surface area contributed by atoms with Crippen molar-refractivity contribution in [2.45, 2.75) is 0 Å². The van der Waals surface area contributed by atoms with Crippen LogP contribution in [0.25, 0.3) is 10.9 Å². The normalized spacial score (nSPS) is 10.4. The highest BCUT2D eigenvalue weighted by Crippen LogP contribution is 2.17. The molecule has 0 saturated heterocycles. The lowest BCUT2D eigenvalue weighted by Gasteiger charge is -2.05. The van der Waals surface area contributed by atoms with E-state index < -0.39 is 12.6 Å². The predicted octanol–water partition coefficient (Wildman–Crippen LogP) is 1.21. The molecule has 2 aromatic rings. The number of rotatable bonds is 5. The number of fused-ring (bicyclic) bond motifs is 1. The smallest absolute Gasteiger partial charge is 0.329 e. The molecule has 0 aliphatic rings. The lowest BCUT2D eigenvalue weighted by Crippen LogP contribution is -2.20. The number of aromatic amines is 1. The molecule has 0 atom stereocenters. The zero-order valence-corrected chi connectivity index (χ0v) is 9.47. The quantitative estimate of drug-likeness (QED) is 0.741. The summed E-state index contributed by atoms with van der Waals surface area (Å²) in [4.78, 5) is 24.7. The van der Waals surface area contributed by atoms with Crippen LogP contribution in [0.3, 0.4) is 0 Å². The SMILES string of the molecule is O=C(O)COCC(=O)Nc1ccc2[nH]ccc2c1. The van der Waals surface area contributed by atoms with E-state index in [9.17, 15) is 9.59 Å². The molecule has 0 radical (unpaired) electrons. The molecule has 0 spiro atoms. The molecule has 1 aromatic carbocycles. The Morgan fingerprint density at radius 1 is 1.28 bits per heavy atom. The first-order valence-electron chi connectivity index (χ1n) is 5.32. The van der Waals surface area contributed by atoms with Gasteiger partial charge in [0, 0.05) is 22.8 Å². The zero-order chi connectivity index (χ0) is 13.0. The van der Waals surface area contributed by atoms with Gasteiger partial charge in [0.1, 0.15) is 13.2 Å². The molecule has 94 valence electrons. The van der Waals surface area contributed by atoms with Crippen LogP contribution in [0.2, 0.25) is 0 Å². The van der Waals surface area contributed by atoms with Gasteiger partial charge in [-0.15, -0.1) is 0 Å². The first-order chi connectivity index (χ1) is 8.65. The Bertz CT molecular complexity index is 576. The molecule has 6 heteroatoms. The molecule has 0 saturated carbocycles. The maximum absolute atomic E-state index is 11.4. The molecule has 1 amide bonds. The molecule has 3 N–H and O–H groups in total. The Morgan fingerprint density at radius 2 is 2.11 bits per heavy atom. The number of hydrogen-bond donors (Lipinski definition) is 3. The number of amides is 1. The highest BCUT2D eigenvalue weighted by Gasteiger charge is 2.05. The number of aliphatic carboxylic acids is 1. The minimum Gasteiger partial charge on any atom is -0.480 e. The molecule has 0 bridgehead atoms.